The molecule has 1 aliphatic heterocycles. The topological polar surface area (TPSA) is 143 Å². The molecule has 1 saturated heterocycles. The summed E-state index contributed by atoms with van der Waals surface area (Å²) in [6.45, 7) is 6.70. The van der Waals surface area contributed by atoms with Gasteiger partial charge in [-0.15, -0.1) is 0 Å². The molecule has 4 atom stereocenters. The number of rotatable bonds is 8. The number of ether oxygens (including phenoxy) is 4. The van der Waals surface area contributed by atoms with E-state index in [4.69, 9.17) is 18.9 Å². The van der Waals surface area contributed by atoms with E-state index in [-0.39, 0.29) is 22.3 Å². The summed E-state index contributed by atoms with van der Waals surface area (Å²) in [6.07, 6.45) is -3.99. The summed E-state index contributed by atoms with van der Waals surface area (Å²) in [6, 6.07) is 20.0. The molecule has 1 fully saturated rings. The molecule has 0 saturated carbocycles. The molecule has 4 aromatic rings. The molecule has 3 aromatic carbocycles. The average Bonchev–Trinajstić information content (AvgIpc) is 3.34. The lowest BCUT2D eigenvalue weighted by atomic mass is 10.1. The fourth-order valence-electron chi connectivity index (χ4n) is 4.80. The molecule has 0 spiro atoms. The number of nitrogens with one attached hydrogen (secondary N) is 1. The first kappa shape index (κ1) is 31.1. The zero-order valence-corrected chi connectivity index (χ0v) is 25.1. The Morgan fingerprint density at radius 1 is 0.689 bits per heavy atom. The highest BCUT2D eigenvalue weighted by molar-refractivity contribution is 5.91. The van der Waals surface area contributed by atoms with Gasteiger partial charge in [-0.2, -0.15) is 0 Å². The molecule has 1 aromatic heterocycles. The number of hydrogen-bond donors (Lipinski definition) is 1. The fourth-order valence-corrected chi connectivity index (χ4v) is 4.80. The lowest BCUT2D eigenvalue weighted by Gasteiger charge is -2.25. The third kappa shape index (κ3) is 7.10. The van der Waals surface area contributed by atoms with Crippen LogP contribution in [0.4, 0.5) is 0 Å². The van der Waals surface area contributed by atoms with E-state index in [1.54, 1.807) is 72.8 Å². The van der Waals surface area contributed by atoms with Crippen LogP contribution in [0.3, 0.4) is 0 Å². The smallest absolute Gasteiger partial charge is 0.338 e. The van der Waals surface area contributed by atoms with E-state index in [1.807, 2.05) is 20.8 Å². The van der Waals surface area contributed by atoms with Crippen molar-refractivity contribution in [1.82, 2.24) is 9.55 Å². The largest absolute Gasteiger partial charge is 0.459 e. The van der Waals surface area contributed by atoms with E-state index in [0.717, 1.165) is 21.3 Å². The van der Waals surface area contributed by atoms with Crippen molar-refractivity contribution in [1.29, 1.82) is 0 Å². The maximum absolute atomic E-state index is 13.4. The van der Waals surface area contributed by atoms with Crippen LogP contribution in [-0.4, -0.2) is 52.4 Å². The van der Waals surface area contributed by atoms with Crippen LogP contribution >= 0.6 is 0 Å². The predicted octanol–water partition coefficient (Wildman–Crippen LogP) is 3.98. The maximum Gasteiger partial charge on any atom is 0.338 e. The van der Waals surface area contributed by atoms with Gasteiger partial charge in [-0.1, -0.05) is 53.1 Å². The zero-order valence-electron chi connectivity index (χ0n) is 25.1. The van der Waals surface area contributed by atoms with Crippen molar-refractivity contribution in [2.24, 2.45) is 0 Å². The van der Waals surface area contributed by atoms with Crippen molar-refractivity contribution in [3.05, 3.63) is 139 Å². The van der Waals surface area contributed by atoms with Crippen LogP contribution in [0.1, 0.15) is 59.6 Å². The monoisotopic (exact) mass is 612 g/mol. The quantitative estimate of drug-likeness (QED) is 0.231. The Labute approximate surface area is 258 Å². The lowest BCUT2D eigenvalue weighted by Crippen LogP contribution is -2.43. The number of H-pyrrole nitrogens is 1. The first-order valence-electron chi connectivity index (χ1n) is 14.3. The number of aromatic nitrogens is 2. The fraction of sp³-hybridized carbons (Fsp3) is 0.265. The summed E-state index contributed by atoms with van der Waals surface area (Å²) in [4.78, 5) is 66.9. The minimum atomic E-state index is -1.39. The summed E-state index contributed by atoms with van der Waals surface area (Å²) >= 11 is 0. The molecule has 0 amide bonds. The molecule has 0 bridgehead atoms. The molecular formula is C34H32N2O9. The zero-order chi connectivity index (χ0) is 32.2. The number of aromatic amines is 1. The highest BCUT2D eigenvalue weighted by Crippen LogP contribution is 2.35. The van der Waals surface area contributed by atoms with Gasteiger partial charge in [0, 0.05) is 11.8 Å². The van der Waals surface area contributed by atoms with Gasteiger partial charge in [-0.3, -0.25) is 14.3 Å². The Balaban J connectivity index is 1.52. The standard InChI is InChI=1S/C34H32N2O9/c1-19-5-11-23(12-6-19)31(38)42-18-26-27(44-32(39)24-13-7-20(2)8-14-24)28(45-33(40)25-15-9-21(3)10-16-25)30(43-26)36-17-22(4)29(37)35-34(36)41/h5-17,26-28,30H,18H2,1-4H3,(H,35,37,41)/t26-,27-,28-,30+/m0/s1. The molecule has 232 valence electrons. The highest BCUT2D eigenvalue weighted by Gasteiger charge is 2.51. The Hall–Kier alpha value is -5.29. The number of nitrogens with zero attached hydrogens (tertiary/aromatic N) is 1. The minimum absolute atomic E-state index is 0.185. The van der Waals surface area contributed by atoms with Gasteiger partial charge in [0.15, 0.2) is 18.4 Å². The third-order valence-corrected chi connectivity index (χ3v) is 7.43. The number of esters is 3. The van der Waals surface area contributed by atoms with Crippen LogP contribution in [0.2, 0.25) is 0 Å². The molecule has 0 radical (unpaired) electrons. The Morgan fingerprint density at radius 3 is 1.62 bits per heavy atom. The van der Waals surface area contributed by atoms with Crippen molar-refractivity contribution < 1.29 is 33.3 Å². The van der Waals surface area contributed by atoms with Gasteiger partial charge >= 0.3 is 23.6 Å². The van der Waals surface area contributed by atoms with Crippen LogP contribution < -0.4 is 11.2 Å². The van der Waals surface area contributed by atoms with Crippen LogP contribution in [-0.2, 0) is 18.9 Å². The van der Waals surface area contributed by atoms with Gasteiger partial charge in [0.25, 0.3) is 5.56 Å². The molecular weight excluding hydrogens is 580 g/mol. The van der Waals surface area contributed by atoms with Crippen LogP contribution in [0, 0.1) is 27.7 Å². The molecule has 0 unspecified atom stereocenters. The highest BCUT2D eigenvalue weighted by atomic mass is 16.7. The molecule has 1 N–H and O–H groups in total. The lowest BCUT2D eigenvalue weighted by molar-refractivity contribution is -0.0640. The van der Waals surface area contributed by atoms with E-state index in [1.165, 1.54) is 13.1 Å². The molecule has 2 heterocycles. The molecule has 5 rings (SSSR count). The van der Waals surface area contributed by atoms with E-state index < -0.39 is 60.3 Å². The van der Waals surface area contributed by atoms with Gasteiger partial charge < -0.3 is 18.9 Å². The van der Waals surface area contributed by atoms with Gasteiger partial charge in [-0.05, 0) is 64.1 Å². The van der Waals surface area contributed by atoms with Crippen molar-refractivity contribution in [3.8, 4) is 0 Å². The van der Waals surface area contributed by atoms with Crippen LogP contribution in [0.25, 0.3) is 0 Å². The predicted molar refractivity (Wildman–Crippen MR) is 162 cm³/mol. The van der Waals surface area contributed by atoms with Crippen molar-refractivity contribution in [3.63, 3.8) is 0 Å². The third-order valence-electron chi connectivity index (χ3n) is 7.43. The number of carbonyl (C=O) groups excluding carboxylic acids is 3. The van der Waals surface area contributed by atoms with E-state index in [0.29, 0.717) is 0 Å². The SMILES string of the molecule is Cc1ccc(C(=O)OC[C@@H]2O[C@@H](n3cc(C)c(=O)[nH]c3=O)[C@@H](OC(=O)c3ccc(C)cc3)[C@H]2OC(=O)c2ccc(C)cc2)cc1. The molecule has 45 heavy (non-hydrogen) atoms. The summed E-state index contributed by atoms with van der Waals surface area (Å²) in [5.74, 6) is -2.17. The van der Waals surface area contributed by atoms with Gasteiger partial charge in [-0.25, -0.2) is 19.2 Å². The van der Waals surface area contributed by atoms with Crippen molar-refractivity contribution in [2.45, 2.75) is 52.2 Å². The van der Waals surface area contributed by atoms with Crippen LogP contribution in [0.15, 0.2) is 88.6 Å². The van der Waals surface area contributed by atoms with Crippen molar-refractivity contribution in [2.75, 3.05) is 6.61 Å². The summed E-state index contributed by atoms with van der Waals surface area (Å²) in [5.41, 5.74) is 2.26. The van der Waals surface area contributed by atoms with Crippen molar-refractivity contribution >= 4 is 17.9 Å². The summed E-state index contributed by atoms with van der Waals surface area (Å²) in [7, 11) is 0. The molecule has 1 aliphatic rings. The van der Waals surface area contributed by atoms with Crippen LogP contribution in [0.5, 0.6) is 0 Å². The molecule has 11 heteroatoms. The van der Waals surface area contributed by atoms with E-state index in [9.17, 15) is 24.0 Å². The number of hydrogen-bond acceptors (Lipinski definition) is 9. The summed E-state index contributed by atoms with van der Waals surface area (Å²) < 4.78 is 24.6. The Morgan fingerprint density at radius 2 is 1.13 bits per heavy atom. The number of benzene rings is 3. The number of aryl methyl sites for hydroxylation is 4. The second-order valence-electron chi connectivity index (χ2n) is 11.0. The number of carbonyl (C=O) groups is 3. The normalized spacial score (nSPS) is 19.1. The first-order chi connectivity index (χ1) is 21.5. The Bertz CT molecular complexity index is 1820. The van der Waals surface area contributed by atoms with Gasteiger partial charge in [0.05, 0.1) is 16.7 Å². The van der Waals surface area contributed by atoms with Gasteiger partial charge in [0.1, 0.15) is 12.7 Å². The molecule has 0 aliphatic carbocycles. The Kier molecular flexibility index (Phi) is 9.10. The van der Waals surface area contributed by atoms with E-state index >= 15 is 0 Å². The summed E-state index contributed by atoms with van der Waals surface area (Å²) in [5, 5.41) is 0. The van der Waals surface area contributed by atoms with Gasteiger partial charge in [0.2, 0.25) is 0 Å². The second-order valence-corrected chi connectivity index (χ2v) is 11.0. The minimum Gasteiger partial charge on any atom is -0.459 e. The first-order valence-corrected chi connectivity index (χ1v) is 14.3. The van der Waals surface area contributed by atoms with E-state index in [2.05, 4.69) is 4.98 Å². The molecule has 11 nitrogen and oxygen atoms in total. The average molecular weight is 613 g/mol. The second kappa shape index (κ2) is 13.1. The maximum atomic E-state index is 13.4.